The number of rotatable bonds is 4. The molecule has 1 unspecified atom stereocenters. The number of hydrogen-bond acceptors (Lipinski definition) is 5. The van der Waals surface area contributed by atoms with Crippen LogP contribution in [-0.2, 0) is 10.0 Å². The molecule has 0 saturated carbocycles. The molecule has 1 N–H and O–H groups in total. The van der Waals surface area contributed by atoms with Crippen molar-refractivity contribution >= 4 is 31.8 Å². The van der Waals surface area contributed by atoms with Gasteiger partial charge in [0.25, 0.3) is 0 Å². The first-order chi connectivity index (χ1) is 9.86. The van der Waals surface area contributed by atoms with Crippen LogP contribution in [0, 0.1) is 0 Å². The predicted molar refractivity (Wildman–Crippen MR) is 87.0 cm³/mol. The van der Waals surface area contributed by atoms with E-state index in [1.165, 1.54) is 0 Å². The highest BCUT2D eigenvalue weighted by atomic mass is 79.9. The molecule has 2 heterocycles. The zero-order valence-corrected chi connectivity index (χ0v) is 14.9. The molecule has 1 fully saturated rings. The van der Waals surface area contributed by atoms with Gasteiger partial charge < -0.3 is 10.2 Å². The number of hydrogen-bond donors (Lipinski definition) is 1. The van der Waals surface area contributed by atoms with Gasteiger partial charge in [-0.1, -0.05) is 0 Å². The van der Waals surface area contributed by atoms with Crippen LogP contribution in [0.3, 0.4) is 0 Å². The van der Waals surface area contributed by atoms with E-state index in [0.717, 1.165) is 6.54 Å². The molecular formula is C13H21BrN4O2S. The molecule has 0 radical (unpaired) electrons. The van der Waals surface area contributed by atoms with Gasteiger partial charge in [0, 0.05) is 42.9 Å². The Bertz CT molecular complexity index is 608. The fraction of sp³-hybridized carbons (Fsp3) is 0.615. The summed E-state index contributed by atoms with van der Waals surface area (Å²) in [6.07, 6.45) is 1.60. The van der Waals surface area contributed by atoms with Crippen molar-refractivity contribution in [1.82, 2.24) is 14.2 Å². The summed E-state index contributed by atoms with van der Waals surface area (Å²) in [6, 6.07) is 1.82. The van der Waals surface area contributed by atoms with Crippen LogP contribution in [-0.4, -0.2) is 61.9 Å². The molecule has 1 aliphatic rings. The van der Waals surface area contributed by atoms with Crippen molar-refractivity contribution in [3.63, 3.8) is 0 Å². The normalized spacial score (nSPS) is 21.4. The lowest BCUT2D eigenvalue weighted by molar-refractivity contribution is 0.159. The zero-order chi connectivity index (χ0) is 15.6. The minimum atomic E-state index is -3.54. The molecule has 118 valence electrons. The molecular weight excluding hydrogens is 356 g/mol. The quantitative estimate of drug-likeness (QED) is 0.864. The standard InChI is InChI=1S/C13H21BrN4O2S/c1-4-15-13-12(7-11(14)8-16-13)21(19,20)18-6-5-17(3)10(2)9-18/h7-8,10H,4-6,9H2,1-3H3,(H,15,16). The maximum Gasteiger partial charge on any atom is 0.246 e. The van der Waals surface area contributed by atoms with Crippen molar-refractivity contribution in [3.8, 4) is 0 Å². The Morgan fingerprint density at radius 3 is 2.81 bits per heavy atom. The van der Waals surface area contributed by atoms with Crippen LogP contribution in [0.25, 0.3) is 0 Å². The summed E-state index contributed by atoms with van der Waals surface area (Å²) in [5, 5.41) is 3.02. The monoisotopic (exact) mass is 376 g/mol. The van der Waals surface area contributed by atoms with Gasteiger partial charge in [0.15, 0.2) is 0 Å². The van der Waals surface area contributed by atoms with Gasteiger partial charge in [0.1, 0.15) is 10.7 Å². The number of piperazine rings is 1. The fourth-order valence-electron chi connectivity index (χ4n) is 2.29. The Morgan fingerprint density at radius 2 is 2.19 bits per heavy atom. The molecule has 8 heteroatoms. The van der Waals surface area contributed by atoms with Crippen LogP contribution in [0.2, 0.25) is 0 Å². The van der Waals surface area contributed by atoms with E-state index in [1.54, 1.807) is 16.6 Å². The Morgan fingerprint density at radius 1 is 1.48 bits per heavy atom. The van der Waals surface area contributed by atoms with Crippen LogP contribution in [0.15, 0.2) is 21.6 Å². The molecule has 0 bridgehead atoms. The van der Waals surface area contributed by atoms with Gasteiger partial charge in [-0.15, -0.1) is 0 Å². The molecule has 2 rings (SSSR count). The summed E-state index contributed by atoms with van der Waals surface area (Å²) in [5.41, 5.74) is 0. The Labute approximate surface area is 134 Å². The largest absolute Gasteiger partial charge is 0.369 e. The van der Waals surface area contributed by atoms with Crippen LogP contribution >= 0.6 is 15.9 Å². The lowest BCUT2D eigenvalue weighted by Crippen LogP contribution is -2.51. The number of pyridine rings is 1. The minimum absolute atomic E-state index is 0.205. The second-order valence-electron chi connectivity index (χ2n) is 5.22. The van der Waals surface area contributed by atoms with Gasteiger partial charge in [-0.25, -0.2) is 13.4 Å². The number of anilines is 1. The molecule has 0 spiro atoms. The molecule has 1 atom stereocenters. The predicted octanol–water partition coefficient (Wildman–Crippen LogP) is 1.60. The third-order valence-electron chi connectivity index (χ3n) is 3.70. The van der Waals surface area contributed by atoms with E-state index in [2.05, 4.69) is 31.1 Å². The average Bonchev–Trinajstić information content (AvgIpc) is 2.44. The Kier molecular flexibility index (Phi) is 5.24. The summed E-state index contributed by atoms with van der Waals surface area (Å²) >= 11 is 3.30. The van der Waals surface area contributed by atoms with Crippen molar-refractivity contribution in [2.24, 2.45) is 0 Å². The van der Waals surface area contributed by atoms with Crippen molar-refractivity contribution < 1.29 is 8.42 Å². The van der Waals surface area contributed by atoms with Gasteiger partial charge in [-0.2, -0.15) is 4.31 Å². The molecule has 1 aromatic heterocycles. The van der Waals surface area contributed by atoms with Gasteiger partial charge in [0.05, 0.1) is 0 Å². The molecule has 0 amide bonds. The van der Waals surface area contributed by atoms with E-state index in [1.807, 2.05) is 20.9 Å². The zero-order valence-electron chi connectivity index (χ0n) is 12.5. The number of halogens is 1. The number of likely N-dealkylation sites (N-methyl/N-ethyl adjacent to an activating group) is 1. The fourth-order valence-corrected chi connectivity index (χ4v) is 4.43. The van der Waals surface area contributed by atoms with Crippen molar-refractivity contribution in [2.75, 3.05) is 38.5 Å². The molecule has 1 aromatic rings. The SMILES string of the molecule is CCNc1ncc(Br)cc1S(=O)(=O)N1CCN(C)C(C)C1. The number of nitrogens with one attached hydrogen (secondary N) is 1. The molecule has 0 aromatic carbocycles. The highest BCUT2D eigenvalue weighted by Crippen LogP contribution is 2.27. The highest BCUT2D eigenvalue weighted by molar-refractivity contribution is 9.10. The number of nitrogens with zero attached hydrogens (tertiary/aromatic N) is 3. The molecule has 0 aliphatic carbocycles. The highest BCUT2D eigenvalue weighted by Gasteiger charge is 2.32. The van der Waals surface area contributed by atoms with E-state index in [0.29, 0.717) is 29.9 Å². The minimum Gasteiger partial charge on any atom is -0.369 e. The Hall–Kier alpha value is -0.700. The summed E-state index contributed by atoms with van der Waals surface area (Å²) < 4.78 is 28.0. The number of sulfonamides is 1. The second kappa shape index (κ2) is 6.60. The summed E-state index contributed by atoms with van der Waals surface area (Å²) in [7, 11) is -1.53. The van der Waals surface area contributed by atoms with Crippen LogP contribution in [0.4, 0.5) is 5.82 Å². The maximum atomic E-state index is 12.9. The first-order valence-corrected chi connectivity index (χ1v) is 9.19. The second-order valence-corrected chi connectivity index (χ2v) is 8.05. The molecule has 1 saturated heterocycles. The van der Waals surface area contributed by atoms with Crippen molar-refractivity contribution in [1.29, 1.82) is 0 Å². The summed E-state index contributed by atoms with van der Waals surface area (Å²) in [6.45, 7) is 6.30. The van der Waals surface area contributed by atoms with E-state index in [9.17, 15) is 8.42 Å². The topological polar surface area (TPSA) is 65.5 Å². The first kappa shape index (κ1) is 16.7. The van der Waals surface area contributed by atoms with Crippen molar-refractivity contribution in [2.45, 2.75) is 24.8 Å². The van der Waals surface area contributed by atoms with Crippen LogP contribution in [0.5, 0.6) is 0 Å². The van der Waals surface area contributed by atoms with E-state index in [-0.39, 0.29) is 10.9 Å². The molecule has 6 nitrogen and oxygen atoms in total. The third-order valence-corrected chi connectivity index (χ3v) is 6.02. The van der Waals surface area contributed by atoms with Gasteiger partial charge >= 0.3 is 0 Å². The number of aromatic nitrogens is 1. The van der Waals surface area contributed by atoms with E-state index >= 15 is 0 Å². The van der Waals surface area contributed by atoms with E-state index < -0.39 is 10.0 Å². The average molecular weight is 377 g/mol. The summed E-state index contributed by atoms with van der Waals surface area (Å²) in [5.74, 6) is 0.410. The smallest absolute Gasteiger partial charge is 0.246 e. The molecule has 1 aliphatic heterocycles. The Balaban J connectivity index is 2.37. The van der Waals surface area contributed by atoms with Crippen LogP contribution < -0.4 is 5.32 Å². The van der Waals surface area contributed by atoms with Gasteiger partial charge in [-0.05, 0) is 42.9 Å². The molecule has 21 heavy (non-hydrogen) atoms. The summed E-state index contributed by atoms with van der Waals surface area (Å²) in [4.78, 5) is 6.58. The van der Waals surface area contributed by atoms with Gasteiger partial charge in [-0.3, -0.25) is 0 Å². The lowest BCUT2D eigenvalue weighted by Gasteiger charge is -2.37. The van der Waals surface area contributed by atoms with E-state index in [4.69, 9.17) is 0 Å². The van der Waals surface area contributed by atoms with Gasteiger partial charge in [0.2, 0.25) is 10.0 Å². The first-order valence-electron chi connectivity index (χ1n) is 6.96. The van der Waals surface area contributed by atoms with Crippen LogP contribution in [0.1, 0.15) is 13.8 Å². The van der Waals surface area contributed by atoms with Crippen molar-refractivity contribution in [3.05, 3.63) is 16.7 Å². The lowest BCUT2D eigenvalue weighted by atomic mass is 10.2. The third kappa shape index (κ3) is 3.56. The maximum absolute atomic E-state index is 12.9.